The van der Waals surface area contributed by atoms with Gasteiger partial charge in [0.05, 0.1) is 6.10 Å². The summed E-state index contributed by atoms with van der Waals surface area (Å²) < 4.78 is 11.1. The molecule has 0 unspecified atom stereocenters. The van der Waals surface area contributed by atoms with Crippen molar-refractivity contribution in [1.82, 2.24) is 0 Å². The third-order valence-electron chi connectivity index (χ3n) is 6.23. The number of aliphatic hydroxyl groups is 1. The average molecular weight is 455 g/mol. The summed E-state index contributed by atoms with van der Waals surface area (Å²) in [5.41, 5.74) is -0.600. The molecule has 1 fully saturated rings. The van der Waals surface area contributed by atoms with Crippen molar-refractivity contribution in [2.24, 2.45) is 17.8 Å². The fourth-order valence-corrected chi connectivity index (χ4v) is 4.59. The smallest absolute Gasteiger partial charge is 0.481 e. The number of unbranched alkanes of at least 4 members (excludes halogenated alkanes) is 5. The first kappa shape index (κ1) is 28.5. The molecule has 0 amide bonds. The fourth-order valence-electron chi connectivity index (χ4n) is 4.59. The number of carboxylic acid groups (broad SMARTS) is 1. The molecule has 0 saturated heterocycles. The first-order valence-electron chi connectivity index (χ1n) is 12.5. The molecule has 0 aliphatic heterocycles. The molecule has 1 aliphatic rings. The summed E-state index contributed by atoms with van der Waals surface area (Å²) in [6.45, 7) is 9.81. The van der Waals surface area contributed by atoms with Gasteiger partial charge in [-0.1, -0.05) is 64.5 Å². The predicted octanol–water partition coefficient (Wildman–Crippen LogP) is 6.50. The molecular weight excluding hydrogens is 408 g/mol. The molecule has 0 heterocycles. The van der Waals surface area contributed by atoms with Crippen LogP contribution >= 0.6 is 0 Å². The van der Waals surface area contributed by atoms with Crippen LogP contribution in [0.5, 0.6) is 0 Å². The van der Waals surface area contributed by atoms with E-state index in [9.17, 15) is 14.7 Å². The van der Waals surface area contributed by atoms with Crippen molar-refractivity contribution in [1.29, 1.82) is 0 Å². The minimum atomic E-state index is -0.737. The summed E-state index contributed by atoms with van der Waals surface area (Å²) in [6.07, 6.45) is 12.2. The molecule has 0 spiro atoms. The van der Waals surface area contributed by atoms with Crippen molar-refractivity contribution in [2.75, 3.05) is 0 Å². The van der Waals surface area contributed by atoms with Crippen LogP contribution in [0.3, 0.4) is 0 Å². The monoisotopic (exact) mass is 454 g/mol. The van der Waals surface area contributed by atoms with E-state index in [4.69, 9.17) is 14.6 Å². The first-order valence-corrected chi connectivity index (χ1v) is 12.5. The number of carbonyl (C=O) groups is 2. The van der Waals surface area contributed by atoms with E-state index in [-0.39, 0.29) is 18.4 Å². The van der Waals surface area contributed by atoms with E-state index in [0.717, 1.165) is 57.8 Å². The van der Waals surface area contributed by atoms with Crippen LogP contribution in [-0.4, -0.2) is 40.1 Å². The maximum Gasteiger partial charge on any atom is 0.509 e. The van der Waals surface area contributed by atoms with Gasteiger partial charge in [-0.15, -0.1) is 0 Å². The van der Waals surface area contributed by atoms with Gasteiger partial charge in [-0.2, -0.15) is 0 Å². The second kappa shape index (κ2) is 14.6. The van der Waals surface area contributed by atoms with Crippen LogP contribution in [0.25, 0.3) is 0 Å². The highest BCUT2D eigenvalue weighted by Gasteiger charge is 2.42. The van der Waals surface area contributed by atoms with Gasteiger partial charge in [-0.05, 0) is 58.3 Å². The third kappa shape index (κ3) is 11.9. The highest BCUT2D eigenvalue weighted by atomic mass is 16.7. The number of carbonyl (C=O) groups excluding carboxylic acids is 1. The van der Waals surface area contributed by atoms with Gasteiger partial charge < -0.3 is 19.7 Å². The Morgan fingerprint density at radius 2 is 1.78 bits per heavy atom. The standard InChI is InChI=1S/C26H46O6/c1-6-7-10-13-20(27)16-17-22-21(14-11-8-9-12-15-24(28)29)19(2)18-23(22)31-25(30)32-26(3,4)5/h16-17,19-23,27H,6-15,18H2,1-5H3,(H,28,29)/b17-16+/t19-,20-,21-,22+,23+/m0/s1. The van der Waals surface area contributed by atoms with Crippen molar-refractivity contribution < 1.29 is 29.3 Å². The lowest BCUT2D eigenvalue weighted by Crippen LogP contribution is -2.30. The van der Waals surface area contributed by atoms with Crippen molar-refractivity contribution in [3.63, 3.8) is 0 Å². The van der Waals surface area contributed by atoms with Crippen LogP contribution in [0.2, 0.25) is 0 Å². The van der Waals surface area contributed by atoms with Gasteiger partial charge in [0.2, 0.25) is 0 Å². The van der Waals surface area contributed by atoms with Gasteiger partial charge >= 0.3 is 12.1 Å². The van der Waals surface area contributed by atoms with E-state index < -0.39 is 23.8 Å². The van der Waals surface area contributed by atoms with E-state index in [0.29, 0.717) is 18.3 Å². The zero-order chi connectivity index (χ0) is 24.1. The molecule has 1 rings (SSSR count). The molecule has 0 radical (unpaired) electrons. The molecule has 186 valence electrons. The molecule has 6 heteroatoms. The molecule has 5 atom stereocenters. The van der Waals surface area contributed by atoms with Crippen LogP contribution in [0.15, 0.2) is 12.2 Å². The average Bonchev–Trinajstić information content (AvgIpc) is 2.95. The second-order valence-electron chi connectivity index (χ2n) is 10.4. The maximum atomic E-state index is 12.3. The van der Waals surface area contributed by atoms with E-state index in [2.05, 4.69) is 19.9 Å². The Labute approximate surface area is 194 Å². The summed E-state index contributed by atoms with van der Waals surface area (Å²) >= 11 is 0. The van der Waals surface area contributed by atoms with Crippen LogP contribution in [0.4, 0.5) is 4.79 Å². The third-order valence-corrected chi connectivity index (χ3v) is 6.23. The van der Waals surface area contributed by atoms with E-state index >= 15 is 0 Å². The van der Waals surface area contributed by atoms with Gasteiger partial charge in [0.1, 0.15) is 11.7 Å². The van der Waals surface area contributed by atoms with Crippen molar-refractivity contribution >= 4 is 12.1 Å². The Balaban J connectivity index is 2.74. The SMILES string of the molecule is CCCCC[C@H](O)/C=C/[C@@H]1[C@@H](CCCCCCC(=O)O)[C@@H](C)C[C@H]1OC(=O)OC(C)(C)C. The topological polar surface area (TPSA) is 93.1 Å². The Kier molecular flexibility index (Phi) is 13.0. The number of carboxylic acids is 1. The number of hydrogen-bond acceptors (Lipinski definition) is 5. The number of ether oxygens (including phenoxy) is 2. The zero-order valence-electron chi connectivity index (χ0n) is 20.8. The molecule has 6 nitrogen and oxygen atoms in total. The van der Waals surface area contributed by atoms with Gasteiger partial charge in [-0.3, -0.25) is 4.79 Å². The van der Waals surface area contributed by atoms with Crippen LogP contribution in [0.1, 0.15) is 105 Å². The summed E-state index contributed by atoms with van der Waals surface area (Å²) in [7, 11) is 0. The highest BCUT2D eigenvalue weighted by molar-refractivity contribution is 5.66. The van der Waals surface area contributed by atoms with Crippen molar-refractivity contribution in [3.05, 3.63) is 12.2 Å². The van der Waals surface area contributed by atoms with Gasteiger partial charge in [0.15, 0.2) is 0 Å². The molecule has 1 aliphatic carbocycles. The Bertz CT molecular complexity index is 579. The lowest BCUT2D eigenvalue weighted by molar-refractivity contribution is -0.137. The number of aliphatic hydroxyl groups excluding tert-OH is 1. The summed E-state index contributed by atoms with van der Waals surface area (Å²) in [4.78, 5) is 23.0. The normalized spacial score (nSPS) is 24.6. The van der Waals surface area contributed by atoms with Gasteiger partial charge in [0, 0.05) is 12.3 Å². The fraction of sp³-hybridized carbons (Fsp3) is 0.846. The largest absolute Gasteiger partial charge is 0.509 e. The Hall–Kier alpha value is -1.56. The van der Waals surface area contributed by atoms with Crippen LogP contribution in [-0.2, 0) is 14.3 Å². The van der Waals surface area contributed by atoms with E-state index in [1.807, 2.05) is 26.8 Å². The highest BCUT2D eigenvalue weighted by Crippen LogP contribution is 2.43. The molecule has 0 aromatic rings. The maximum absolute atomic E-state index is 12.3. The molecular formula is C26H46O6. The van der Waals surface area contributed by atoms with Crippen LogP contribution in [0, 0.1) is 17.8 Å². The summed E-state index contributed by atoms with van der Waals surface area (Å²) in [5, 5.41) is 19.1. The van der Waals surface area contributed by atoms with E-state index in [1.54, 1.807) is 0 Å². The Morgan fingerprint density at radius 3 is 2.41 bits per heavy atom. The molecule has 0 aromatic heterocycles. The van der Waals surface area contributed by atoms with Crippen molar-refractivity contribution in [2.45, 2.75) is 123 Å². The number of aliphatic carboxylic acids is 1. The molecule has 32 heavy (non-hydrogen) atoms. The van der Waals surface area contributed by atoms with Gasteiger partial charge in [-0.25, -0.2) is 4.79 Å². The molecule has 0 bridgehead atoms. The Morgan fingerprint density at radius 1 is 1.09 bits per heavy atom. The number of hydrogen-bond donors (Lipinski definition) is 2. The predicted molar refractivity (Wildman–Crippen MR) is 126 cm³/mol. The quantitative estimate of drug-likeness (QED) is 0.177. The van der Waals surface area contributed by atoms with Gasteiger partial charge in [0.25, 0.3) is 0 Å². The molecule has 2 N–H and O–H groups in total. The second-order valence-corrected chi connectivity index (χ2v) is 10.4. The lowest BCUT2D eigenvalue weighted by atomic mass is 9.84. The van der Waals surface area contributed by atoms with Crippen molar-refractivity contribution in [3.8, 4) is 0 Å². The first-order chi connectivity index (χ1) is 15.0. The molecule has 0 aromatic carbocycles. The summed E-state index contributed by atoms with van der Waals surface area (Å²) in [6, 6.07) is 0. The minimum absolute atomic E-state index is 0.0531. The zero-order valence-corrected chi connectivity index (χ0v) is 20.8. The lowest BCUT2D eigenvalue weighted by Gasteiger charge is -2.25. The minimum Gasteiger partial charge on any atom is -0.481 e. The summed E-state index contributed by atoms with van der Waals surface area (Å²) in [5.74, 6) is 0.0750. The van der Waals surface area contributed by atoms with Crippen LogP contribution < -0.4 is 0 Å². The van der Waals surface area contributed by atoms with E-state index in [1.165, 1.54) is 0 Å². The number of rotatable bonds is 14. The molecule has 1 saturated carbocycles.